The molecule has 66 valence electrons. The number of H-pyrrole nitrogens is 1. The van der Waals surface area contributed by atoms with Crippen LogP contribution in [-0.4, -0.2) is 14.8 Å². The molecule has 5 heteroatoms. The standard InChI is InChI=1S/C8H6IN3S/c9-6-1-3-7(4-2-6)12-5-10-11-8(12)13/h1-5H,(H,11,13). The van der Waals surface area contributed by atoms with Crippen LogP contribution in [0.2, 0.25) is 0 Å². The van der Waals surface area contributed by atoms with Crippen molar-refractivity contribution in [1.82, 2.24) is 14.8 Å². The second-order valence-corrected chi connectivity index (χ2v) is 4.14. The maximum Gasteiger partial charge on any atom is 0.199 e. The number of hydrogen-bond donors (Lipinski definition) is 1. The van der Waals surface area contributed by atoms with Gasteiger partial charge in [-0.15, -0.1) is 0 Å². The van der Waals surface area contributed by atoms with Gasteiger partial charge in [-0.25, -0.2) is 0 Å². The summed E-state index contributed by atoms with van der Waals surface area (Å²) in [5.74, 6) is 0. The molecule has 1 N–H and O–H groups in total. The van der Waals surface area contributed by atoms with Crippen molar-refractivity contribution in [3.63, 3.8) is 0 Å². The summed E-state index contributed by atoms with van der Waals surface area (Å²) in [6, 6.07) is 8.08. The highest BCUT2D eigenvalue weighted by molar-refractivity contribution is 14.1. The second kappa shape index (κ2) is 3.59. The fourth-order valence-corrected chi connectivity index (χ4v) is 1.60. The third-order valence-electron chi connectivity index (χ3n) is 1.66. The van der Waals surface area contributed by atoms with Gasteiger partial charge in [-0.1, -0.05) is 0 Å². The minimum atomic E-state index is 0.612. The topological polar surface area (TPSA) is 33.6 Å². The van der Waals surface area contributed by atoms with Crippen molar-refractivity contribution in [2.75, 3.05) is 0 Å². The summed E-state index contributed by atoms with van der Waals surface area (Å²) in [5, 5.41) is 6.56. The van der Waals surface area contributed by atoms with Gasteiger partial charge in [-0.05, 0) is 59.1 Å². The molecule has 1 aromatic heterocycles. The smallest absolute Gasteiger partial charge is 0.199 e. The molecule has 0 saturated carbocycles. The summed E-state index contributed by atoms with van der Waals surface area (Å²) < 4.78 is 3.64. The summed E-state index contributed by atoms with van der Waals surface area (Å²) in [6.45, 7) is 0. The molecule has 0 saturated heterocycles. The van der Waals surface area contributed by atoms with Gasteiger partial charge >= 0.3 is 0 Å². The number of hydrogen-bond acceptors (Lipinski definition) is 2. The van der Waals surface area contributed by atoms with E-state index in [1.54, 1.807) is 6.33 Å². The first kappa shape index (κ1) is 8.89. The molecular weight excluding hydrogens is 297 g/mol. The molecule has 0 aliphatic heterocycles. The minimum absolute atomic E-state index is 0.612. The lowest BCUT2D eigenvalue weighted by molar-refractivity contribution is 1.03. The van der Waals surface area contributed by atoms with E-state index in [1.165, 1.54) is 3.57 Å². The van der Waals surface area contributed by atoms with Crippen LogP contribution in [0.25, 0.3) is 5.69 Å². The van der Waals surface area contributed by atoms with Crippen LogP contribution in [-0.2, 0) is 0 Å². The molecule has 0 aliphatic carbocycles. The predicted molar refractivity (Wildman–Crippen MR) is 61.5 cm³/mol. The van der Waals surface area contributed by atoms with E-state index in [9.17, 15) is 0 Å². The van der Waals surface area contributed by atoms with Crippen molar-refractivity contribution < 1.29 is 0 Å². The summed E-state index contributed by atoms with van der Waals surface area (Å²) >= 11 is 7.31. The Kier molecular flexibility index (Phi) is 2.45. The van der Waals surface area contributed by atoms with Crippen LogP contribution in [0.1, 0.15) is 0 Å². The fourth-order valence-electron chi connectivity index (χ4n) is 1.03. The molecule has 0 bridgehead atoms. The largest absolute Gasteiger partial charge is 0.275 e. The van der Waals surface area contributed by atoms with Gasteiger partial charge in [-0.2, -0.15) is 5.10 Å². The summed E-state index contributed by atoms with van der Waals surface area (Å²) in [5.41, 5.74) is 1.03. The van der Waals surface area contributed by atoms with E-state index >= 15 is 0 Å². The van der Waals surface area contributed by atoms with E-state index in [-0.39, 0.29) is 0 Å². The zero-order chi connectivity index (χ0) is 9.26. The van der Waals surface area contributed by atoms with Crippen LogP contribution in [0.5, 0.6) is 0 Å². The summed E-state index contributed by atoms with van der Waals surface area (Å²) in [4.78, 5) is 0. The second-order valence-electron chi connectivity index (χ2n) is 2.51. The van der Waals surface area contributed by atoms with Gasteiger partial charge in [0.05, 0.1) is 0 Å². The van der Waals surface area contributed by atoms with E-state index in [0.29, 0.717) is 4.77 Å². The van der Waals surface area contributed by atoms with E-state index in [2.05, 4.69) is 32.8 Å². The predicted octanol–water partition coefficient (Wildman–Crippen LogP) is 2.53. The number of nitrogens with zero attached hydrogens (tertiary/aromatic N) is 2. The van der Waals surface area contributed by atoms with Gasteiger partial charge in [0.1, 0.15) is 6.33 Å². The first-order valence-corrected chi connectivity index (χ1v) is 5.14. The number of benzene rings is 1. The van der Waals surface area contributed by atoms with Crippen LogP contribution in [0.4, 0.5) is 0 Å². The van der Waals surface area contributed by atoms with E-state index in [4.69, 9.17) is 12.2 Å². The number of aromatic amines is 1. The Morgan fingerprint density at radius 1 is 1.31 bits per heavy atom. The average Bonchev–Trinajstić information content (AvgIpc) is 2.53. The van der Waals surface area contributed by atoms with Gasteiger partial charge in [0.15, 0.2) is 4.77 Å². The molecule has 0 radical (unpaired) electrons. The molecule has 0 spiro atoms. The maximum absolute atomic E-state index is 5.04. The SMILES string of the molecule is S=c1[nH]ncn1-c1ccc(I)cc1. The van der Waals surface area contributed by atoms with Crippen molar-refractivity contribution in [2.24, 2.45) is 0 Å². The third-order valence-corrected chi connectivity index (χ3v) is 2.66. The van der Waals surface area contributed by atoms with Gasteiger partial charge in [0.2, 0.25) is 0 Å². The number of rotatable bonds is 1. The lowest BCUT2D eigenvalue weighted by Crippen LogP contribution is -1.91. The molecule has 0 unspecified atom stereocenters. The van der Waals surface area contributed by atoms with E-state index < -0.39 is 0 Å². The first-order chi connectivity index (χ1) is 6.27. The molecule has 0 aliphatic rings. The Morgan fingerprint density at radius 2 is 2.00 bits per heavy atom. The normalized spacial score (nSPS) is 10.2. The van der Waals surface area contributed by atoms with Crippen molar-refractivity contribution in [1.29, 1.82) is 0 Å². The lowest BCUT2D eigenvalue weighted by Gasteiger charge is -1.99. The van der Waals surface area contributed by atoms with Crippen molar-refractivity contribution in [3.05, 3.63) is 38.9 Å². The molecule has 13 heavy (non-hydrogen) atoms. The number of aromatic nitrogens is 3. The molecule has 2 aromatic rings. The van der Waals surface area contributed by atoms with Crippen molar-refractivity contribution >= 4 is 34.8 Å². The van der Waals surface area contributed by atoms with Crippen LogP contribution < -0.4 is 0 Å². The monoisotopic (exact) mass is 303 g/mol. The summed E-state index contributed by atoms with van der Waals surface area (Å²) in [7, 11) is 0. The van der Waals surface area contributed by atoms with Crippen LogP contribution in [0, 0.1) is 8.34 Å². The van der Waals surface area contributed by atoms with Gasteiger partial charge < -0.3 is 0 Å². The van der Waals surface area contributed by atoms with E-state index in [0.717, 1.165) is 5.69 Å². The molecule has 0 amide bonds. The number of nitrogens with one attached hydrogen (secondary N) is 1. The lowest BCUT2D eigenvalue weighted by atomic mass is 10.3. The highest BCUT2D eigenvalue weighted by atomic mass is 127. The van der Waals surface area contributed by atoms with Crippen LogP contribution >= 0.6 is 34.8 Å². The van der Waals surface area contributed by atoms with Crippen molar-refractivity contribution in [3.8, 4) is 5.69 Å². The van der Waals surface area contributed by atoms with E-state index in [1.807, 2.05) is 28.8 Å². The maximum atomic E-state index is 5.04. The minimum Gasteiger partial charge on any atom is -0.275 e. The average molecular weight is 303 g/mol. The Balaban J connectivity index is 2.54. The highest BCUT2D eigenvalue weighted by Gasteiger charge is 1.96. The highest BCUT2D eigenvalue weighted by Crippen LogP contribution is 2.10. The van der Waals surface area contributed by atoms with Crippen molar-refractivity contribution in [2.45, 2.75) is 0 Å². The molecule has 0 atom stereocenters. The van der Waals surface area contributed by atoms with Crippen LogP contribution in [0.15, 0.2) is 30.6 Å². The molecule has 0 fully saturated rings. The van der Waals surface area contributed by atoms with Gasteiger partial charge in [-0.3, -0.25) is 9.67 Å². The Morgan fingerprint density at radius 3 is 2.54 bits per heavy atom. The Bertz CT molecular complexity index is 457. The first-order valence-electron chi connectivity index (χ1n) is 3.65. The molecule has 2 rings (SSSR count). The summed E-state index contributed by atoms with van der Waals surface area (Å²) in [6.07, 6.45) is 1.67. The molecule has 1 aromatic carbocycles. The molecular formula is C8H6IN3S. The third kappa shape index (κ3) is 1.80. The Hall–Kier alpha value is -0.690. The zero-order valence-corrected chi connectivity index (χ0v) is 9.54. The Labute approximate surface area is 93.9 Å². The van der Waals surface area contributed by atoms with Gasteiger partial charge in [0, 0.05) is 9.26 Å². The van der Waals surface area contributed by atoms with Crippen LogP contribution in [0.3, 0.4) is 0 Å². The number of halogens is 1. The molecule has 1 heterocycles. The fraction of sp³-hybridized carbons (Fsp3) is 0. The zero-order valence-electron chi connectivity index (χ0n) is 6.57. The quantitative estimate of drug-likeness (QED) is 0.649. The van der Waals surface area contributed by atoms with Gasteiger partial charge in [0.25, 0.3) is 0 Å². The molecule has 3 nitrogen and oxygen atoms in total.